The summed E-state index contributed by atoms with van der Waals surface area (Å²) in [5.41, 5.74) is 5.61. The number of para-hydroxylation sites is 1. The van der Waals surface area contributed by atoms with Crippen molar-refractivity contribution in [3.8, 4) is 11.4 Å². The van der Waals surface area contributed by atoms with E-state index in [4.69, 9.17) is 21.1 Å². The number of ether oxygens (including phenoxy) is 2. The zero-order valence-corrected chi connectivity index (χ0v) is 21.1. The van der Waals surface area contributed by atoms with Crippen molar-refractivity contribution in [3.05, 3.63) is 99.0 Å². The van der Waals surface area contributed by atoms with Crippen molar-refractivity contribution in [1.29, 1.82) is 0 Å². The van der Waals surface area contributed by atoms with E-state index in [1.54, 1.807) is 25.0 Å². The first-order valence-electron chi connectivity index (χ1n) is 11.2. The van der Waals surface area contributed by atoms with Gasteiger partial charge in [0.15, 0.2) is 0 Å². The minimum Gasteiger partial charge on any atom is -0.497 e. The molecule has 0 spiro atoms. The number of hydrogen-bond acceptors (Lipinski definition) is 4. The molecule has 35 heavy (non-hydrogen) atoms. The lowest BCUT2D eigenvalue weighted by Crippen LogP contribution is -2.24. The fraction of sp³-hybridized carbons (Fsp3) is 0.214. The fourth-order valence-corrected chi connectivity index (χ4v) is 4.65. The molecule has 6 nitrogen and oxygen atoms in total. The van der Waals surface area contributed by atoms with Crippen LogP contribution in [0.15, 0.2) is 71.4 Å². The number of amides is 1. The van der Waals surface area contributed by atoms with Crippen LogP contribution >= 0.6 is 11.6 Å². The number of carbonyl (C=O) groups excluding carboxylic acids is 2. The summed E-state index contributed by atoms with van der Waals surface area (Å²) in [6.07, 6.45) is 1.77. The number of carbonyl (C=O) groups is 2. The lowest BCUT2D eigenvalue weighted by Gasteiger charge is -2.18. The van der Waals surface area contributed by atoms with Crippen LogP contribution in [-0.2, 0) is 20.9 Å². The molecule has 180 valence electrons. The summed E-state index contributed by atoms with van der Waals surface area (Å²) >= 11 is 6.45. The lowest BCUT2D eigenvalue weighted by atomic mass is 10.0. The highest BCUT2D eigenvalue weighted by molar-refractivity contribution is 6.32. The van der Waals surface area contributed by atoms with E-state index in [1.165, 1.54) is 7.11 Å². The van der Waals surface area contributed by atoms with Crippen LogP contribution < -0.4 is 4.74 Å². The van der Waals surface area contributed by atoms with Crippen LogP contribution in [0, 0.1) is 13.8 Å². The molecule has 0 radical (unpaired) electrons. The van der Waals surface area contributed by atoms with Gasteiger partial charge in [-0.2, -0.15) is 0 Å². The van der Waals surface area contributed by atoms with E-state index in [-0.39, 0.29) is 11.5 Å². The number of benzene rings is 2. The maximum atomic E-state index is 13.6. The molecule has 0 saturated carbocycles. The van der Waals surface area contributed by atoms with E-state index in [9.17, 15) is 9.59 Å². The lowest BCUT2D eigenvalue weighted by molar-refractivity contribution is -0.136. The Labute approximate surface area is 210 Å². The molecule has 4 rings (SSSR count). The molecule has 0 fully saturated rings. The molecule has 7 heteroatoms. The Morgan fingerprint density at radius 1 is 1.03 bits per heavy atom. The molecule has 1 amide bonds. The second-order valence-corrected chi connectivity index (χ2v) is 8.77. The van der Waals surface area contributed by atoms with Gasteiger partial charge >= 0.3 is 5.97 Å². The summed E-state index contributed by atoms with van der Waals surface area (Å²) in [7, 11) is 2.93. The summed E-state index contributed by atoms with van der Waals surface area (Å²) in [5, 5.41) is 0.627. The van der Waals surface area contributed by atoms with Crippen LogP contribution in [0.1, 0.15) is 29.4 Å². The number of aryl methyl sites for hydroxylation is 1. The standard InChI is InChI=1S/C28H27ClN2O4/c1-17-14-21(18(2)31(17)25-9-7-6-8-24(25)29)15-23-26(28(33)35-5)19(3)30(27(23)32)16-20-10-12-22(34-4)13-11-20/h6-15H,16H2,1-5H3/b23-15-. The number of aromatic nitrogens is 1. The van der Waals surface area contributed by atoms with Gasteiger partial charge in [0.2, 0.25) is 0 Å². The predicted molar refractivity (Wildman–Crippen MR) is 136 cm³/mol. The van der Waals surface area contributed by atoms with Crippen molar-refractivity contribution < 1.29 is 19.1 Å². The molecule has 0 atom stereocenters. The van der Waals surface area contributed by atoms with E-state index in [1.807, 2.05) is 73.0 Å². The Morgan fingerprint density at radius 3 is 2.34 bits per heavy atom. The van der Waals surface area contributed by atoms with E-state index >= 15 is 0 Å². The second-order valence-electron chi connectivity index (χ2n) is 8.36. The summed E-state index contributed by atoms with van der Waals surface area (Å²) in [5.74, 6) is -0.0565. The largest absolute Gasteiger partial charge is 0.497 e. The molecule has 0 aliphatic carbocycles. The number of rotatable bonds is 6. The van der Waals surface area contributed by atoms with E-state index < -0.39 is 5.97 Å². The zero-order chi connectivity index (χ0) is 25.3. The minimum absolute atomic E-state index is 0.249. The Balaban J connectivity index is 1.76. The summed E-state index contributed by atoms with van der Waals surface area (Å²) < 4.78 is 12.3. The highest BCUT2D eigenvalue weighted by atomic mass is 35.5. The van der Waals surface area contributed by atoms with Crippen LogP contribution in [0.5, 0.6) is 5.75 Å². The third kappa shape index (κ3) is 4.49. The SMILES string of the molecule is COC(=O)C1=C(C)N(Cc2ccc(OC)cc2)C(=O)/C1=C\c1cc(C)n(-c2ccccc2Cl)c1C. The monoisotopic (exact) mass is 490 g/mol. The Kier molecular flexibility index (Phi) is 6.85. The molecule has 2 aromatic carbocycles. The van der Waals surface area contributed by atoms with E-state index in [2.05, 4.69) is 0 Å². The van der Waals surface area contributed by atoms with Crippen LogP contribution in [0.4, 0.5) is 0 Å². The van der Waals surface area contributed by atoms with E-state index in [0.29, 0.717) is 22.8 Å². The van der Waals surface area contributed by atoms with Gasteiger partial charge in [-0.25, -0.2) is 4.79 Å². The van der Waals surface area contributed by atoms with Crippen molar-refractivity contribution in [2.75, 3.05) is 14.2 Å². The highest BCUT2D eigenvalue weighted by Gasteiger charge is 2.37. The molecule has 0 N–H and O–H groups in total. The summed E-state index contributed by atoms with van der Waals surface area (Å²) in [6, 6.07) is 17.1. The molecule has 2 heterocycles. The van der Waals surface area contributed by atoms with Crippen molar-refractivity contribution in [3.63, 3.8) is 0 Å². The molecule has 1 aromatic heterocycles. The van der Waals surface area contributed by atoms with Crippen LogP contribution in [-0.4, -0.2) is 35.6 Å². The van der Waals surface area contributed by atoms with Gasteiger partial charge in [-0.3, -0.25) is 4.79 Å². The summed E-state index contributed by atoms with van der Waals surface area (Å²) in [4.78, 5) is 27.9. The van der Waals surface area contributed by atoms with Crippen molar-refractivity contribution >= 4 is 29.6 Å². The number of hydrogen-bond donors (Lipinski definition) is 0. The first kappa shape index (κ1) is 24.4. The maximum absolute atomic E-state index is 13.6. The highest BCUT2D eigenvalue weighted by Crippen LogP contribution is 2.35. The van der Waals surface area contributed by atoms with Gasteiger partial charge in [0.25, 0.3) is 5.91 Å². The van der Waals surface area contributed by atoms with E-state index in [0.717, 1.165) is 34.0 Å². The summed E-state index contributed by atoms with van der Waals surface area (Å²) in [6.45, 7) is 6.03. The van der Waals surface area contributed by atoms with Gasteiger partial charge in [0.05, 0.1) is 42.6 Å². The molecule has 0 unspecified atom stereocenters. The second kappa shape index (κ2) is 9.84. The van der Waals surface area contributed by atoms with Gasteiger partial charge in [-0.05, 0) is 68.3 Å². The average molecular weight is 491 g/mol. The zero-order valence-electron chi connectivity index (χ0n) is 20.4. The van der Waals surface area contributed by atoms with Gasteiger partial charge in [0, 0.05) is 17.1 Å². The normalized spacial score (nSPS) is 14.7. The molecular weight excluding hydrogens is 464 g/mol. The minimum atomic E-state index is -0.542. The average Bonchev–Trinajstić information content (AvgIpc) is 3.26. The van der Waals surface area contributed by atoms with Gasteiger partial charge < -0.3 is 18.9 Å². The number of halogens is 1. The Morgan fingerprint density at radius 2 is 1.71 bits per heavy atom. The molecule has 0 saturated heterocycles. The third-order valence-electron chi connectivity index (χ3n) is 6.26. The topological polar surface area (TPSA) is 60.8 Å². The number of esters is 1. The number of methoxy groups -OCH3 is 2. The number of nitrogens with zero attached hydrogens (tertiary/aromatic N) is 2. The molecular formula is C28H27ClN2O4. The van der Waals surface area contributed by atoms with Crippen LogP contribution in [0.25, 0.3) is 11.8 Å². The quantitative estimate of drug-likeness (QED) is 0.332. The van der Waals surface area contributed by atoms with Crippen LogP contribution in [0.3, 0.4) is 0 Å². The molecule has 0 bridgehead atoms. The predicted octanol–water partition coefficient (Wildman–Crippen LogP) is 5.63. The first-order chi connectivity index (χ1) is 16.8. The van der Waals surface area contributed by atoms with Gasteiger partial charge in [0.1, 0.15) is 5.75 Å². The van der Waals surface area contributed by atoms with Crippen molar-refractivity contribution in [1.82, 2.24) is 9.47 Å². The Bertz CT molecular complexity index is 1370. The van der Waals surface area contributed by atoms with Crippen molar-refractivity contribution in [2.45, 2.75) is 27.3 Å². The molecule has 1 aliphatic rings. The third-order valence-corrected chi connectivity index (χ3v) is 6.58. The number of allylic oxidation sites excluding steroid dienone is 1. The fourth-order valence-electron chi connectivity index (χ4n) is 4.43. The molecule has 1 aliphatic heterocycles. The van der Waals surface area contributed by atoms with Crippen molar-refractivity contribution in [2.24, 2.45) is 0 Å². The van der Waals surface area contributed by atoms with Crippen LogP contribution in [0.2, 0.25) is 5.02 Å². The smallest absolute Gasteiger partial charge is 0.340 e. The Hall–Kier alpha value is -3.77. The van der Waals surface area contributed by atoms with Gasteiger partial charge in [-0.1, -0.05) is 35.9 Å². The first-order valence-corrected chi connectivity index (χ1v) is 11.5. The van der Waals surface area contributed by atoms with Gasteiger partial charge in [-0.15, -0.1) is 0 Å². The maximum Gasteiger partial charge on any atom is 0.340 e. The molecule has 3 aromatic rings.